The minimum Gasteiger partial charge on any atom is -0.494 e. The quantitative estimate of drug-likeness (QED) is 0.797. The highest BCUT2D eigenvalue weighted by Crippen LogP contribution is 2.33. The van der Waals surface area contributed by atoms with Crippen LogP contribution in [0.5, 0.6) is 11.5 Å². The van der Waals surface area contributed by atoms with Crippen molar-refractivity contribution in [3.05, 3.63) is 18.2 Å². The fourth-order valence-electron chi connectivity index (χ4n) is 2.36. The van der Waals surface area contributed by atoms with Crippen molar-refractivity contribution in [1.29, 1.82) is 0 Å². The lowest BCUT2D eigenvalue weighted by Crippen LogP contribution is -2.29. The number of hydrogen-bond acceptors (Lipinski definition) is 3. The van der Waals surface area contributed by atoms with Crippen molar-refractivity contribution in [2.45, 2.75) is 32.6 Å². The van der Waals surface area contributed by atoms with Gasteiger partial charge in [-0.3, -0.25) is 0 Å². The Hall–Kier alpha value is -1.38. The van der Waals surface area contributed by atoms with Gasteiger partial charge in [-0.15, -0.1) is 0 Å². The van der Waals surface area contributed by atoms with Gasteiger partial charge in [-0.25, -0.2) is 0 Å². The van der Waals surface area contributed by atoms with Crippen molar-refractivity contribution in [3.63, 3.8) is 0 Å². The molecule has 1 aliphatic heterocycles. The van der Waals surface area contributed by atoms with Crippen LogP contribution in [0.25, 0.3) is 0 Å². The fourth-order valence-corrected chi connectivity index (χ4v) is 2.36. The van der Waals surface area contributed by atoms with Gasteiger partial charge in [0.25, 0.3) is 0 Å². The van der Waals surface area contributed by atoms with E-state index in [2.05, 4.69) is 17.9 Å². The van der Waals surface area contributed by atoms with E-state index in [0.717, 1.165) is 37.6 Å². The molecular weight excluding hydrogens is 226 g/mol. The highest BCUT2D eigenvalue weighted by molar-refractivity contribution is 5.61. The summed E-state index contributed by atoms with van der Waals surface area (Å²) in [5, 5.41) is 0. The minimum absolute atomic E-state index is 0.756. The van der Waals surface area contributed by atoms with E-state index in [1.807, 2.05) is 12.1 Å². The monoisotopic (exact) mass is 249 g/mol. The molecule has 1 heterocycles. The van der Waals surface area contributed by atoms with Crippen LogP contribution in [0.3, 0.4) is 0 Å². The zero-order valence-electron chi connectivity index (χ0n) is 11.4. The van der Waals surface area contributed by atoms with Crippen LogP contribution < -0.4 is 14.4 Å². The first-order valence-electron chi connectivity index (χ1n) is 6.91. The second-order valence-corrected chi connectivity index (χ2v) is 4.73. The lowest BCUT2D eigenvalue weighted by atomic mass is 10.1. The zero-order valence-corrected chi connectivity index (χ0v) is 11.4. The minimum atomic E-state index is 0.756. The van der Waals surface area contributed by atoms with Crippen molar-refractivity contribution in [3.8, 4) is 11.5 Å². The highest BCUT2D eigenvalue weighted by Gasteiger charge is 2.15. The second kappa shape index (κ2) is 6.53. The van der Waals surface area contributed by atoms with Crippen molar-refractivity contribution in [2.75, 3.05) is 31.7 Å². The molecule has 1 aromatic carbocycles. The van der Waals surface area contributed by atoms with Crippen LogP contribution in [0.15, 0.2) is 18.2 Å². The standard InChI is InChI=1S/C15H23NO2/c1-3-11-18-13-7-8-14(15(12-13)17-2)16-9-5-4-6-10-16/h7-8,12H,3-6,9-11H2,1-2H3. The summed E-state index contributed by atoms with van der Waals surface area (Å²) in [5.41, 5.74) is 1.20. The molecule has 3 nitrogen and oxygen atoms in total. The van der Waals surface area contributed by atoms with Crippen LogP contribution in [0.1, 0.15) is 32.6 Å². The maximum atomic E-state index is 5.64. The number of anilines is 1. The number of piperidine rings is 1. The molecule has 1 saturated heterocycles. The third-order valence-electron chi connectivity index (χ3n) is 3.32. The van der Waals surface area contributed by atoms with E-state index in [1.165, 1.54) is 24.9 Å². The van der Waals surface area contributed by atoms with Crippen LogP contribution in [0, 0.1) is 0 Å². The molecule has 1 fully saturated rings. The van der Waals surface area contributed by atoms with E-state index in [0.29, 0.717) is 0 Å². The largest absolute Gasteiger partial charge is 0.494 e. The van der Waals surface area contributed by atoms with Crippen molar-refractivity contribution in [2.24, 2.45) is 0 Å². The molecule has 0 aliphatic carbocycles. The van der Waals surface area contributed by atoms with E-state index in [9.17, 15) is 0 Å². The van der Waals surface area contributed by atoms with Gasteiger partial charge in [-0.1, -0.05) is 6.92 Å². The van der Waals surface area contributed by atoms with E-state index < -0.39 is 0 Å². The summed E-state index contributed by atoms with van der Waals surface area (Å²) in [4.78, 5) is 2.41. The Balaban J connectivity index is 2.14. The second-order valence-electron chi connectivity index (χ2n) is 4.73. The maximum absolute atomic E-state index is 5.64. The first-order chi connectivity index (χ1) is 8.85. The molecule has 0 amide bonds. The molecule has 100 valence electrons. The molecule has 0 bridgehead atoms. The lowest BCUT2D eigenvalue weighted by Gasteiger charge is -2.30. The van der Waals surface area contributed by atoms with Crippen LogP contribution in [0.2, 0.25) is 0 Å². The van der Waals surface area contributed by atoms with E-state index in [4.69, 9.17) is 9.47 Å². The Morgan fingerprint density at radius 3 is 2.61 bits per heavy atom. The van der Waals surface area contributed by atoms with E-state index in [-0.39, 0.29) is 0 Å². The van der Waals surface area contributed by atoms with Gasteiger partial charge < -0.3 is 14.4 Å². The number of ether oxygens (including phenoxy) is 2. The molecule has 3 heteroatoms. The van der Waals surface area contributed by atoms with Crippen LogP contribution >= 0.6 is 0 Å². The van der Waals surface area contributed by atoms with Crippen LogP contribution in [0.4, 0.5) is 5.69 Å². The first-order valence-corrected chi connectivity index (χ1v) is 6.91. The SMILES string of the molecule is CCCOc1ccc(N2CCCCC2)c(OC)c1. The first kappa shape index (κ1) is 13.1. The summed E-state index contributed by atoms with van der Waals surface area (Å²) in [6.45, 7) is 5.13. The number of nitrogens with zero attached hydrogens (tertiary/aromatic N) is 1. The summed E-state index contributed by atoms with van der Waals surface area (Å²) >= 11 is 0. The summed E-state index contributed by atoms with van der Waals surface area (Å²) in [5.74, 6) is 1.82. The van der Waals surface area contributed by atoms with Crippen LogP contribution in [-0.4, -0.2) is 26.8 Å². The predicted octanol–water partition coefficient (Wildman–Crippen LogP) is 3.47. The number of rotatable bonds is 5. The molecule has 0 unspecified atom stereocenters. The third kappa shape index (κ3) is 3.09. The Labute approximate surface area is 110 Å². The Bertz CT molecular complexity index is 373. The van der Waals surface area contributed by atoms with Gasteiger partial charge >= 0.3 is 0 Å². The van der Waals surface area contributed by atoms with Crippen molar-refractivity contribution < 1.29 is 9.47 Å². The van der Waals surface area contributed by atoms with Gasteiger partial charge in [-0.05, 0) is 37.8 Å². The molecule has 0 aromatic heterocycles. The number of benzene rings is 1. The summed E-state index contributed by atoms with van der Waals surface area (Å²) in [7, 11) is 1.73. The molecule has 0 atom stereocenters. The Morgan fingerprint density at radius 1 is 1.17 bits per heavy atom. The van der Waals surface area contributed by atoms with Gasteiger partial charge in [0.15, 0.2) is 0 Å². The van der Waals surface area contributed by atoms with Crippen molar-refractivity contribution >= 4 is 5.69 Å². The number of methoxy groups -OCH3 is 1. The van der Waals surface area contributed by atoms with Crippen LogP contribution in [-0.2, 0) is 0 Å². The summed E-state index contributed by atoms with van der Waals surface area (Å²) in [6.07, 6.45) is 4.92. The van der Waals surface area contributed by atoms with Crippen molar-refractivity contribution in [1.82, 2.24) is 0 Å². The van der Waals surface area contributed by atoms with E-state index >= 15 is 0 Å². The van der Waals surface area contributed by atoms with Gasteiger partial charge in [-0.2, -0.15) is 0 Å². The third-order valence-corrected chi connectivity index (χ3v) is 3.32. The van der Waals surface area contributed by atoms with Gasteiger partial charge in [0, 0.05) is 19.2 Å². The zero-order chi connectivity index (χ0) is 12.8. The van der Waals surface area contributed by atoms with Gasteiger partial charge in [0.05, 0.1) is 19.4 Å². The molecular formula is C15H23NO2. The van der Waals surface area contributed by atoms with Gasteiger partial charge in [0.1, 0.15) is 11.5 Å². The summed E-state index contributed by atoms with van der Waals surface area (Å²) < 4.78 is 11.1. The highest BCUT2D eigenvalue weighted by atomic mass is 16.5. The smallest absolute Gasteiger partial charge is 0.145 e. The molecule has 1 aromatic rings. The average Bonchev–Trinajstić information content (AvgIpc) is 2.45. The normalized spacial score (nSPS) is 15.6. The molecule has 0 saturated carbocycles. The lowest BCUT2D eigenvalue weighted by molar-refractivity contribution is 0.314. The molecule has 2 rings (SSSR count). The molecule has 0 N–H and O–H groups in total. The fraction of sp³-hybridized carbons (Fsp3) is 0.600. The number of hydrogen-bond donors (Lipinski definition) is 0. The molecule has 0 spiro atoms. The molecule has 0 radical (unpaired) electrons. The maximum Gasteiger partial charge on any atom is 0.145 e. The Morgan fingerprint density at radius 2 is 1.94 bits per heavy atom. The summed E-state index contributed by atoms with van der Waals surface area (Å²) in [6, 6.07) is 6.16. The topological polar surface area (TPSA) is 21.7 Å². The molecule has 18 heavy (non-hydrogen) atoms. The molecule has 1 aliphatic rings. The van der Waals surface area contributed by atoms with E-state index in [1.54, 1.807) is 7.11 Å². The Kier molecular flexibility index (Phi) is 4.73. The average molecular weight is 249 g/mol. The predicted molar refractivity (Wildman–Crippen MR) is 74.8 cm³/mol. The van der Waals surface area contributed by atoms with Gasteiger partial charge in [0.2, 0.25) is 0 Å².